The van der Waals surface area contributed by atoms with Gasteiger partial charge in [-0.3, -0.25) is 0 Å². The predicted octanol–water partition coefficient (Wildman–Crippen LogP) is 3.11. The Morgan fingerprint density at radius 2 is 1.92 bits per heavy atom. The van der Waals surface area contributed by atoms with Crippen molar-refractivity contribution in [2.24, 2.45) is 0 Å². The zero-order valence-corrected chi connectivity index (χ0v) is 13.3. The molecule has 2 aromatic carbocycles. The molecule has 4 aromatic rings. The van der Waals surface area contributed by atoms with Crippen molar-refractivity contribution in [3.8, 4) is 28.4 Å². The standard InChI is InChI=1S/C17H10ClN3O4/c18-12-5-9(2-4-15(12)23)13-8-21(20-19-13)14-6-10-1-3-11(22)7-16(10)25-17(14)24/h1-8,22-23H. The molecule has 0 atom stereocenters. The molecule has 0 amide bonds. The van der Waals surface area contributed by atoms with Crippen LogP contribution in [0.2, 0.25) is 5.02 Å². The van der Waals surface area contributed by atoms with Crippen molar-refractivity contribution < 1.29 is 14.6 Å². The fourth-order valence-corrected chi connectivity index (χ4v) is 2.61. The summed E-state index contributed by atoms with van der Waals surface area (Å²) >= 11 is 5.90. The molecule has 0 bridgehead atoms. The van der Waals surface area contributed by atoms with E-state index in [1.54, 1.807) is 30.5 Å². The molecule has 25 heavy (non-hydrogen) atoms. The molecule has 0 fully saturated rings. The third-order valence-electron chi connectivity index (χ3n) is 3.68. The largest absolute Gasteiger partial charge is 0.508 e. The fourth-order valence-electron chi connectivity index (χ4n) is 2.43. The van der Waals surface area contributed by atoms with E-state index < -0.39 is 5.63 Å². The molecule has 0 radical (unpaired) electrons. The van der Waals surface area contributed by atoms with Gasteiger partial charge in [-0.15, -0.1) is 5.10 Å². The van der Waals surface area contributed by atoms with Gasteiger partial charge in [-0.25, -0.2) is 9.48 Å². The number of hydrogen-bond acceptors (Lipinski definition) is 6. The van der Waals surface area contributed by atoms with E-state index in [1.165, 1.54) is 22.9 Å². The van der Waals surface area contributed by atoms with Gasteiger partial charge in [0.15, 0.2) is 5.69 Å². The summed E-state index contributed by atoms with van der Waals surface area (Å²) < 4.78 is 6.52. The quantitative estimate of drug-likeness (QED) is 0.536. The molecular weight excluding hydrogens is 346 g/mol. The smallest absolute Gasteiger partial charge is 0.362 e. The highest BCUT2D eigenvalue weighted by atomic mass is 35.5. The van der Waals surface area contributed by atoms with E-state index in [9.17, 15) is 15.0 Å². The van der Waals surface area contributed by atoms with Crippen LogP contribution in [0.3, 0.4) is 0 Å². The van der Waals surface area contributed by atoms with Gasteiger partial charge < -0.3 is 14.6 Å². The van der Waals surface area contributed by atoms with Crippen LogP contribution in [0.5, 0.6) is 11.5 Å². The van der Waals surface area contributed by atoms with Gasteiger partial charge in [-0.2, -0.15) is 0 Å². The molecule has 0 aliphatic heterocycles. The lowest BCUT2D eigenvalue weighted by atomic mass is 10.1. The van der Waals surface area contributed by atoms with Crippen LogP contribution in [-0.2, 0) is 0 Å². The predicted molar refractivity (Wildman–Crippen MR) is 91.2 cm³/mol. The van der Waals surface area contributed by atoms with Crippen molar-refractivity contribution in [3.63, 3.8) is 0 Å². The van der Waals surface area contributed by atoms with E-state index in [0.29, 0.717) is 16.6 Å². The van der Waals surface area contributed by atoms with E-state index in [1.807, 2.05) is 0 Å². The normalized spacial score (nSPS) is 11.1. The van der Waals surface area contributed by atoms with Crippen LogP contribution >= 0.6 is 11.6 Å². The van der Waals surface area contributed by atoms with Gasteiger partial charge in [0, 0.05) is 17.0 Å². The second-order valence-corrected chi connectivity index (χ2v) is 5.76. The van der Waals surface area contributed by atoms with Gasteiger partial charge in [-0.05, 0) is 36.4 Å². The fraction of sp³-hybridized carbons (Fsp3) is 0. The number of aromatic hydroxyl groups is 2. The van der Waals surface area contributed by atoms with E-state index in [0.717, 1.165) is 0 Å². The van der Waals surface area contributed by atoms with Crippen molar-refractivity contribution >= 4 is 22.6 Å². The SMILES string of the molecule is O=c1oc2cc(O)ccc2cc1-n1cc(-c2ccc(O)c(Cl)c2)nn1. The summed E-state index contributed by atoms with van der Waals surface area (Å²) in [6.07, 6.45) is 1.56. The highest BCUT2D eigenvalue weighted by Gasteiger charge is 2.12. The second-order valence-electron chi connectivity index (χ2n) is 5.36. The van der Waals surface area contributed by atoms with Crippen LogP contribution in [0.1, 0.15) is 0 Å². The Hall–Kier alpha value is -3.32. The molecule has 4 rings (SSSR count). The van der Waals surface area contributed by atoms with E-state index in [2.05, 4.69) is 10.3 Å². The first kappa shape index (κ1) is 15.2. The molecule has 8 heteroatoms. The number of phenols is 2. The Bertz CT molecular complexity index is 1170. The topological polar surface area (TPSA) is 101 Å². The maximum Gasteiger partial charge on any atom is 0.362 e. The van der Waals surface area contributed by atoms with E-state index >= 15 is 0 Å². The molecule has 2 heterocycles. The van der Waals surface area contributed by atoms with Crippen LogP contribution in [0.4, 0.5) is 0 Å². The molecule has 0 saturated heterocycles. The van der Waals surface area contributed by atoms with Gasteiger partial charge in [0.25, 0.3) is 0 Å². The number of halogens is 1. The lowest BCUT2D eigenvalue weighted by Gasteiger charge is -2.02. The average molecular weight is 356 g/mol. The highest BCUT2D eigenvalue weighted by Crippen LogP contribution is 2.28. The Balaban J connectivity index is 1.80. The van der Waals surface area contributed by atoms with Crippen molar-refractivity contribution in [3.05, 3.63) is 64.1 Å². The van der Waals surface area contributed by atoms with Crippen molar-refractivity contribution in [1.82, 2.24) is 15.0 Å². The third kappa shape index (κ3) is 2.70. The maximum absolute atomic E-state index is 12.2. The van der Waals surface area contributed by atoms with Crippen LogP contribution in [0.25, 0.3) is 27.9 Å². The van der Waals surface area contributed by atoms with Gasteiger partial charge in [-0.1, -0.05) is 16.8 Å². The summed E-state index contributed by atoms with van der Waals surface area (Å²) in [5.74, 6) is -0.0214. The highest BCUT2D eigenvalue weighted by molar-refractivity contribution is 6.32. The van der Waals surface area contributed by atoms with Crippen molar-refractivity contribution in [2.75, 3.05) is 0 Å². The van der Waals surface area contributed by atoms with Gasteiger partial charge >= 0.3 is 5.63 Å². The van der Waals surface area contributed by atoms with Gasteiger partial charge in [0.1, 0.15) is 22.8 Å². The first-order chi connectivity index (χ1) is 12.0. The third-order valence-corrected chi connectivity index (χ3v) is 3.99. The number of rotatable bonds is 2. The minimum absolute atomic E-state index is 0.00986. The Labute approximate surface area is 145 Å². The molecule has 0 saturated carbocycles. The van der Waals surface area contributed by atoms with Crippen LogP contribution in [-0.4, -0.2) is 25.2 Å². The first-order valence-electron chi connectivity index (χ1n) is 7.20. The summed E-state index contributed by atoms with van der Waals surface area (Å²) in [6.45, 7) is 0. The molecule has 0 aliphatic carbocycles. The second kappa shape index (κ2) is 5.64. The molecular formula is C17H10ClN3O4. The van der Waals surface area contributed by atoms with Gasteiger partial charge in [0.2, 0.25) is 0 Å². The summed E-state index contributed by atoms with van der Waals surface area (Å²) in [5, 5.41) is 27.7. The van der Waals surface area contributed by atoms with Crippen LogP contribution < -0.4 is 5.63 Å². The Kier molecular flexibility index (Phi) is 3.43. The monoisotopic (exact) mass is 355 g/mol. The van der Waals surface area contributed by atoms with Gasteiger partial charge in [0.05, 0.1) is 11.2 Å². The van der Waals surface area contributed by atoms with E-state index in [4.69, 9.17) is 16.0 Å². The average Bonchev–Trinajstić information content (AvgIpc) is 3.06. The zero-order chi connectivity index (χ0) is 17.6. The molecule has 7 nitrogen and oxygen atoms in total. The van der Waals surface area contributed by atoms with Crippen molar-refractivity contribution in [1.29, 1.82) is 0 Å². The summed E-state index contributed by atoms with van der Waals surface area (Å²) in [6, 6.07) is 10.7. The van der Waals surface area contributed by atoms with Crippen LogP contribution in [0, 0.1) is 0 Å². The summed E-state index contributed by atoms with van der Waals surface area (Å²) in [7, 11) is 0. The number of phenolic OH excluding ortho intramolecular Hbond substituents is 2. The zero-order valence-electron chi connectivity index (χ0n) is 12.5. The molecule has 0 unspecified atom stereocenters. The summed E-state index contributed by atoms with van der Waals surface area (Å²) in [5.41, 5.74) is 0.968. The lowest BCUT2D eigenvalue weighted by molar-refractivity contribution is 0.472. The molecule has 0 aliphatic rings. The van der Waals surface area contributed by atoms with Crippen molar-refractivity contribution in [2.45, 2.75) is 0 Å². The first-order valence-corrected chi connectivity index (χ1v) is 7.57. The van der Waals surface area contributed by atoms with E-state index in [-0.39, 0.29) is 27.8 Å². The molecule has 124 valence electrons. The molecule has 0 spiro atoms. The Morgan fingerprint density at radius 1 is 1.08 bits per heavy atom. The molecule has 2 N–H and O–H groups in total. The summed E-state index contributed by atoms with van der Waals surface area (Å²) in [4.78, 5) is 12.2. The number of fused-ring (bicyclic) bond motifs is 1. The minimum Gasteiger partial charge on any atom is -0.508 e. The maximum atomic E-state index is 12.2. The van der Waals surface area contributed by atoms with Crippen LogP contribution in [0.15, 0.2) is 57.9 Å². The number of aromatic nitrogens is 3. The number of nitrogens with zero attached hydrogens (tertiary/aromatic N) is 3. The molecule has 2 aromatic heterocycles. The lowest BCUT2D eigenvalue weighted by Crippen LogP contribution is -2.10. The minimum atomic E-state index is -0.613. The number of hydrogen-bond donors (Lipinski definition) is 2. The Morgan fingerprint density at radius 3 is 2.72 bits per heavy atom. The number of benzene rings is 2.